The molecule has 1 rings (SSSR count). The van der Waals surface area contributed by atoms with E-state index < -0.39 is 0 Å². The van der Waals surface area contributed by atoms with E-state index in [-0.39, 0.29) is 6.30 Å². The van der Waals surface area contributed by atoms with E-state index in [1.807, 2.05) is 12.2 Å². The van der Waals surface area contributed by atoms with Gasteiger partial charge in [-0.2, -0.15) is 0 Å². The van der Waals surface area contributed by atoms with E-state index in [0.29, 0.717) is 0 Å². The third-order valence-corrected chi connectivity index (χ3v) is 1.08. The molecule has 0 unspecified atom stereocenters. The third kappa shape index (κ3) is 1.97. The number of hydrogen-bond acceptors (Lipinski definition) is 2. The van der Waals surface area contributed by atoms with Crippen LogP contribution in [-0.2, 0) is 0 Å². The van der Waals surface area contributed by atoms with Gasteiger partial charge in [0.05, 0.1) is 5.69 Å². The number of aromatic nitrogens is 2. The largest absolute Gasteiger partial charge is 0.245 e. The standard InChI is InChI=1S/C8H10N2/c1-2-3-4-8-5-6-9-7-10-8/h3-7H,2H2,1H3/i7D. The first kappa shape index (κ1) is 5.59. The normalized spacial score (nSPS) is 11.9. The van der Waals surface area contributed by atoms with Crippen molar-refractivity contribution in [3.05, 3.63) is 30.3 Å². The summed E-state index contributed by atoms with van der Waals surface area (Å²) in [7, 11) is 0. The van der Waals surface area contributed by atoms with Crippen molar-refractivity contribution in [2.45, 2.75) is 13.3 Å². The van der Waals surface area contributed by atoms with Gasteiger partial charge in [0.25, 0.3) is 0 Å². The van der Waals surface area contributed by atoms with Crippen molar-refractivity contribution in [2.75, 3.05) is 0 Å². The minimum absolute atomic E-state index is 0.0725. The van der Waals surface area contributed by atoms with E-state index in [1.54, 1.807) is 12.3 Å². The Balaban J connectivity index is 2.79. The number of allylic oxidation sites excluding steroid dienone is 1. The maximum atomic E-state index is 7.12. The minimum atomic E-state index is 0.0725. The van der Waals surface area contributed by atoms with Crippen molar-refractivity contribution >= 4 is 6.08 Å². The van der Waals surface area contributed by atoms with Crippen molar-refractivity contribution in [3.8, 4) is 0 Å². The molecule has 0 N–H and O–H groups in total. The first-order valence-corrected chi connectivity index (χ1v) is 3.29. The molecule has 1 aromatic heterocycles. The SMILES string of the molecule is [2H]c1nccc(C=CCC)n1. The third-order valence-electron chi connectivity index (χ3n) is 1.08. The van der Waals surface area contributed by atoms with Crippen molar-refractivity contribution in [3.63, 3.8) is 0 Å². The summed E-state index contributed by atoms with van der Waals surface area (Å²) in [5.74, 6) is 0. The molecule has 0 radical (unpaired) electrons. The lowest BCUT2D eigenvalue weighted by molar-refractivity contribution is 1.15. The Morgan fingerprint density at radius 3 is 3.40 bits per heavy atom. The lowest BCUT2D eigenvalue weighted by atomic mass is 10.3. The average Bonchev–Trinajstić information content (AvgIpc) is 2.01. The first-order valence-electron chi connectivity index (χ1n) is 3.79. The number of hydrogen-bond donors (Lipinski definition) is 0. The molecular formula is C8H10N2. The topological polar surface area (TPSA) is 25.8 Å². The van der Waals surface area contributed by atoms with Gasteiger partial charge < -0.3 is 0 Å². The Hall–Kier alpha value is -1.18. The highest BCUT2D eigenvalue weighted by Crippen LogP contribution is 1.94. The molecule has 0 saturated carbocycles. The van der Waals surface area contributed by atoms with Crippen LogP contribution in [0.5, 0.6) is 0 Å². The van der Waals surface area contributed by atoms with Gasteiger partial charge in [-0.15, -0.1) is 0 Å². The number of nitrogens with zero attached hydrogens (tertiary/aromatic N) is 2. The Bertz CT molecular complexity index is 258. The Kier molecular flexibility index (Phi) is 2.11. The summed E-state index contributed by atoms with van der Waals surface area (Å²) in [4.78, 5) is 7.55. The van der Waals surface area contributed by atoms with Gasteiger partial charge in [-0.05, 0) is 18.6 Å². The van der Waals surface area contributed by atoms with Crippen LogP contribution in [0.3, 0.4) is 0 Å². The average molecular weight is 135 g/mol. The van der Waals surface area contributed by atoms with E-state index in [4.69, 9.17) is 1.37 Å². The van der Waals surface area contributed by atoms with E-state index in [9.17, 15) is 0 Å². The van der Waals surface area contributed by atoms with E-state index in [2.05, 4.69) is 16.9 Å². The zero-order valence-corrected chi connectivity index (χ0v) is 5.91. The second-order valence-electron chi connectivity index (χ2n) is 1.89. The predicted octanol–water partition coefficient (Wildman–Crippen LogP) is 1.90. The molecule has 0 aliphatic rings. The van der Waals surface area contributed by atoms with Crippen LogP contribution in [0.2, 0.25) is 0 Å². The zero-order valence-electron chi connectivity index (χ0n) is 6.91. The van der Waals surface area contributed by atoms with Crippen LogP contribution in [-0.4, -0.2) is 9.97 Å². The molecule has 0 bridgehead atoms. The van der Waals surface area contributed by atoms with Crippen molar-refractivity contribution in [1.82, 2.24) is 9.97 Å². The van der Waals surface area contributed by atoms with Crippen molar-refractivity contribution < 1.29 is 1.37 Å². The van der Waals surface area contributed by atoms with Crippen molar-refractivity contribution in [2.24, 2.45) is 0 Å². The van der Waals surface area contributed by atoms with Crippen molar-refractivity contribution in [1.29, 1.82) is 0 Å². The molecule has 0 aliphatic heterocycles. The van der Waals surface area contributed by atoms with E-state index in [1.165, 1.54) is 0 Å². The van der Waals surface area contributed by atoms with Crippen LogP contribution in [0, 0.1) is 0 Å². The lowest BCUT2D eigenvalue weighted by Crippen LogP contribution is -1.78. The van der Waals surface area contributed by atoms with Gasteiger partial charge in [-0.25, -0.2) is 9.97 Å². The van der Waals surface area contributed by atoms with Crippen LogP contribution < -0.4 is 0 Å². The molecule has 1 aromatic rings. The monoisotopic (exact) mass is 135 g/mol. The van der Waals surface area contributed by atoms with Crippen LogP contribution in [0.25, 0.3) is 6.08 Å². The molecule has 0 atom stereocenters. The summed E-state index contributed by atoms with van der Waals surface area (Å²) in [5, 5.41) is 0. The Morgan fingerprint density at radius 1 is 1.80 bits per heavy atom. The van der Waals surface area contributed by atoms with Gasteiger partial charge >= 0.3 is 0 Å². The van der Waals surface area contributed by atoms with Gasteiger partial charge in [0.15, 0.2) is 0 Å². The first-order chi connectivity index (χ1) is 5.33. The maximum absolute atomic E-state index is 7.12. The molecule has 0 aliphatic carbocycles. The molecule has 2 nitrogen and oxygen atoms in total. The summed E-state index contributed by atoms with van der Waals surface area (Å²) in [6, 6.07) is 1.78. The zero-order chi connectivity index (χ0) is 8.10. The summed E-state index contributed by atoms with van der Waals surface area (Å²) < 4.78 is 7.12. The number of rotatable bonds is 2. The van der Waals surface area contributed by atoms with E-state index >= 15 is 0 Å². The minimum Gasteiger partial charge on any atom is -0.245 e. The smallest absolute Gasteiger partial charge is 0.115 e. The summed E-state index contributed by atoms with van der Waals surface area (Å²) >= 11 is 0. The molecule has 0 saturated heterocycles. The fourth-order valence-electron chi connectivity index (χ4n) is 0.602. The second kappa shape index (κ2) is 3.77. The highest BCUT2D eigenvalue weighted by molar-refractivity contribution is 5.42. The van der Waals surface area contributed by atoms with Crippen LogP contribution in [0.4, 0.5) is 0 Å². The molecule has 10 heavy (non-hydrogen) atoms. The highest BCUT2D eigenvalue weighted by atomic mass is 14.8. The maximum Gasteiger partial charge on any atom is 0.115 e. The highest BCUT2D eigenvalue weighted by Gasteiger charge is 1.81. The van der Waals surface area contributed by atoms with Gasteiger partial charge in [-0.3, -0.25) is 0 Å². The molecule has 0 aromatic carbocycles. The van der Waals surface area contributed by atoms with E-state index in [0.717, 1.165) is 12.1 Å². The summed E-state index contributed by atoms with van der Waals surface area (Å²) in [6.45, 7) is 2.05. The predicted molar refractivity (Wildman–Crippen MR) is 41.4 cm³/mol. The fourth-order valence-corrected chi connectivity index (χ4v) is 0.602. The molecule has 52 valence electrons. The lowest BCUT2D eigenvalue weighted by Gasteiger charge is -1.86. The summed E-state index contributed by atoms with van der Waals surface area (Å²) in [6.07, 6.45) is 6.53. The molecule has 0 amide bonds. The molecule has 0 spiro atoms. The Morgan fingerprint density at radius 2 is 2.70 bits per heavy atom. The second-order valence-corrected chi connectivity index (χ2v) is 1.89. The molecule has 1 heterocycles. The van der Waals surface area contributed by atoms with Crippen LogP contribution in [0.1, 0.15) is 20.4 Å². The van der Waals surface area contributed by atoms with Crippen LogP contribution in [0.15, 0.2) is 24.6 Å². The summed E-state index contributed by atoms with van der Waals surface area (Å²) in [5.41, 5.74) is 0.798. The van der Waals surface area contributed by atoms with Gasteiger partial charge in [0.1, 0.15) is 7.67 Å². The molecule has 2 heteroatoms. The Labute approximate surface area is 62.0 Å². The fraction of sp³-hybridized carbons (Fsp3) is 0.250. The van der Waals surface area contributed by atoms with Gasteiger partial charge in [0.2, 0.25) is 0 Å². The van der Waals surface area contributed by atoms with Crippen LogP contribution >= 0.6 is 0 Å². The molecular weight excluding hydrogens is 124 g/mol. The molecule has 0 fully saturated rings. The van der Waals surface area contributed by atoms with Gasteiger partial charge in [0, 0.05) is 6.20 Å². The van der Waals surface area contributed by atoms with Gasteiger partial charge in [-0.1, -0.05) is 13.0 Å². The quantitative estimate of drug-likeness (QED) is 0.619.